The standard InChI is InChI=1S/C4H10IP/c1-4(2,5)3-6/h3,6H2,1-2H3. The molecule has 0 aromatic carbocycles. The average Bonchev–Trinajstić information content (AvgIpc) is 1.35. The quantitative estimate of drug-likeness (QED) is 0.357. The normalized spacial score (nSPS) is 12.0. The highest BCUT2D eigenvalue weighted by Gasteiger charge is 2.06. The molecule has 1 atom stereocenters. The zero-order valence-corrected chi connectivity index (χ0v) is 7.47. The van der Waals surface area contributed by atoms with Crippen LogP contribution in [0.5, 0.6) is 0 Å². The third kappa shape index (κ3) is 5.16. The molecule has 0 N–H and O–H groups in total. The summed E-state index contributed by atoms with van der Waals surface area (Å²) in [6.45, 7) is 4.42. The first-order valence-corrected chi connectivity index (χ1v) is 3.85. The fourth-order valence-electron chi connectivity index (χ4n) is 0. The summed E-state index contributed by atoms with van der Waals surface area (Å²) in [6, 6.07) is 0. The van der Waals surface area contributed by atoms with Gasteiger partial charge in [0.15, 0.2) is 0 Å². The minimum Gasteiger partial charge on any atom is -0.136 e. The maximum absolute atomic E-state index is 2.72. The van der Waals surface area contributed by atoms with Crippen LogP contribution in [0.1, 0.15) is 13.8 Å². The average molecular weight is 216 g/mol. The largest absolute Gasteiger partial charge is 0.136 e. The van der Waals surface area contributed by atoms with Gasteiger partial charge in [0.25, 0.3) is 0 Å². The summed E-state index contributed by atoms with van der Waals surface area (Å²) in [5.74, 6) is 0. The molecular formula is C4H10IP. The Bertz CT molecular complexity index is 37.3. The van der Waals surface area contributed by atoms with Crippen molar-refractivity contribution in [2.45, 2.75) is 17.3 Å². The molecule has 0 fully saturated rings. The van der Waals surface area contributed by atoms with Crippen molar-refractivity contribution in [3.8, 4) is 0 Å². The molecule has 0 bridgehead atoms. The van der Waals surface area contributed by atoms with Gasteiger partial charge in [-0.3, -0.25) is 0 Å². The monoisotopic (exact) mass is 216 g/mol. The Kier molecular flexibility index (Phi) is 2.94. The molecule has 0 saturated heterocycles. The van der Waals surface area contributed by atoms with Crippen molar-refractivity contribution in [2.75, 3.05) is 6.16 Å². The summed E-state index contributed by atoms with van der Waals surface area (Å²) in [5.41, 5.74) is 0. The lowest BCUT2D eigenvalue weighted by Crippen LogP contribution is -2.08. The molecule has 0 spiro atoms. The molecule has 1 unspecified atom stereocenters. The lowest BCUT2D eigenvalue weighted by molar-refractivity contribution is 0.861. The number of halogens is 1. The van der Waals surface area contributed by atoms with E-state index in [1.165, 1.54) is 6.16 Å². The van der Waals surface area contributed by atoms with Crippen molar-refractivity contribution < 1.29 is 0 Å². The van der Waals surface area contributed by atoms with Crippen LogP contribution in [0.2, 0.25) is 0 Å². The van der Waals surface area contributed by atoms with Gasteiger partial charge in [0.1, 0.15) is 0 Å². The third-order valence-electron chi connectivity index (χ3n) is 0.485. The van der Waals surface area contributed by atoms with Crippen molar-refractivity contribution in [1.82, 2.24) is 0 Å². The molecule has 6 heavy (non-hydrogen) atoms. The predicted molar refractivity (Wildman–Crippen MR) is 42.7 cm³/mol. The van der Waals surface area contributed by atoms with Gasteiger partial charge in [-0.1, -0.05) is 36.4 Å². The van der Waals surface area contributed by atoms with Crippen LogP contribution in [0.3, 0.4) is 0 Å². The van der Waals surface area contributed by atoms with E-state index in [-0.39, 0.29) is 0 Å². The number of hydrogen-bond donors (Lipinski definition) is 0. The summed E-state index contributed by atoms with van der Waals surface area (Å²) >= 11 is 2.42. The summed E-state index contributed by atoms with van der Waals surface area (Å²) in [4.78, 5) is 0. The van der Waals surface area contributed by atoms with Crippen LogP contribution in [-0.4, -0.2) is 9.58 Å². The molecule has 38 valence electrons. The molecule has 0 aliphatic heterocycles. The van der Waals surface area contributed by atoms with Crippen molar-refractivity contribution in [3.05, 3.63) is 0 Å². The predicted octanol–water partition coefficient (Wildman–Crippen LogP) is 2.08. The van der Waals surface area contributed by atoms with E-state index < -0.39 is 0 Å². The maximum atomic E-state index is 2.72. The van der Waals surface area contributed by atoms with Crippen LogP contribution in [0, 0.1) is 0 Å². The molecule has 0 aromatic rings. The SMILES string of the molecule is CC(C)(I)CP. The van der Waals surface area contributed by atoms with E-state index in [4.69, 9.17) is 0 Å². The highest BCUT2D eigenvalue weighted by Crippen LogP contribution is 2.18. The van der Waals surface area contributed by atoms with Crippen molar-refractivity contribution in [2.24, 2.45) is 0 Å². The number of hydrogen-bond acceptors (Lipinski definition) is 0. The van der Waals surface area contributed by atoms with Crippen molar-refractivity contribution in [3.63, 3.8) is 0 Å². The summed E-state index contributed by atoms with van der Waals surface area (Å²) < 4.78 is 0.475. The molecule has 0 aliphatic carbocycles. The van der Waals surface area contributed by atoms with Gasteiger partial charge in [-0.25, -0.2) is 0 Å². The van der Waals surface area contributed by atoms with Crippen LogP contribution >= 0.6 is 31.8 Å². The smallest absolute Gasteiger partial charge is 0.0200 e. The molecule has 0 saturated carbocycles. The van der Waals surface area contributed by atoms with Crippen LogP contribution < -0.4 is 0 Å². The van der Waals surface area contributed by atoms with Crippen LogP contribution in [-0.2, 0) is 0 Å². The zero-order chi connectivity index (χ0) is 5.21. The molecule has 2 heteroatoms. The van der Waals surface area contributed by atoms with Crippen LogP contribution in [0.25, 0.3) is 0 Å². The third-order valence-corrected chi connectivity index (χ3v) is 2.78. The molecular weight excluding hydrogens is 206 g/mol. The highest BCUT2D eigenvalue weighted by molar-refractivity contribution is 14.1. The Morgan fingerprint density at radius 1 is 1.67 bits per heavy atom. The molecule has 0 nitrogen and oxygen atoms in total. The van der Waals surface area contributed by atoms with Crippen molar-refractivity contribution >= 4 is 31.8 Å². The van der Waals surface area contributed by atoms with Gasteiger partial charge in [0.05, 0.1) is 0 Å². The topological polar surface area (TPSA) is 0 Å². The van der Waals surface area contributed by atoms with Gasteiger partial charge in [0, 0.05) is 3.42 Å². The van der Waals surface area contributed by atoms with Gasteiger partial charge in [-0.2, -0.15) is 0 Å². The van der Waals surface area contributed by atoms with E-state index in [0.717, 1.165) is 0 Å². The van der Waals surface area contributed by atoms with Crippen LogP contribution in [0.15, 0.2) is 0 Å². The maximum Gasteiger partial charge on any atom is 0.0200 e. The second-order valence-corrected chi connectivity index (χ2v) is 5.25. The fourth-order valence-corrected chi connectivity index (χ4v) is 0. The van der Waals surface area contributed by atoms with Gasteiger partial charge < -0.3 is 0 Å². The Balaban J connectivity index is 3.17. The van der Waals surface area contributed by atoms with Crippen LogP contribution in [0.4, 0.5) is 0 Å². The first-order chi connectivity index (χ1) is 2.56. The molecule has 0 aliphatic rings. The van der Waals surface area contributed by atoms with Gasteiger partial charge >= 0.3 is 0 Å². The molecule has 0 radical (unpaired) electrons. The van der Waals surface area contributed by atoms with E-state index in [2.05, 4.69) is 45.7 Å². The Morgan fingerprint density at radius 3 is 1.83 bits per heavy atom. The molecule has 0 heterocycles. The first kappa shape index (κ1) is 7.16. The second kappa shape index (κ2) is 2.46. The minimum atomic E-state index is 0.475. The Labute approximate surface area is 55.4 Å². The fraction of sp³-hybridized carbons (Fsp3) is 1.00. The van der Waals surface area contributed by atoms with E-state index >= 15 is 0 Å². The highest BCUT2D eigenvalue weighted by atomic mass is 127. The first-order valence-electron chi connectivity index (χ1n) is 1.95. The van der Waals surface area contributed by atoms with E-state index in [9.17, 15) is 0 Å². The summed E-state index contributed by atoms with van der Waals surface area (Å²) in [5, 5.41) is 0. The number of alkyl halides is 1. The van der Waals surface area contributed by atoms with Gasteiger partial charge in [-0.15, -0.1) is 9.24 Å². The molecule has 0 amide bonds. The van der Waals surface area contributed by atoms with E-state index in [1.54, 1.807) is 0 Å². The second-order valence-electron chi connectivity index (χ2n) is 1.92. The number of rotatable bonds is 1. The van der Waals surface area contributed by atoms with Gasteiger partial charge in [-0.05, 0) is 6.16 Å². The summed E-state index contributed by atoms with van der Waals surface area (Å²) in [7, 11) is 2.72. The zero-order valence-electron chi connectivity index (χ0n) is 4.16. The minimum absolute atomic E-state index is 0.475. The van der Waals surface area contributed by atoms with E-state index in [1.807, 2.05) is 0 Å². The molecule has 0 rings (SSSR count). The lowest BCUT2D eigenvalue weighted by atomic mass is 10.3. The Hall–Kier alpha value is 1.16. The summed E-state index contributed by atoms with van der Waals surface area (Å²) in [6.07, 6.45) is 1.17. The molecule has 0 aromatic heterocycles. The van der Waals surface area contributed by atoms with Gasteiger partial charge in [0.2, 0.25) is 0 Å². The Morgan fingerprint density at radius 2 is 1.83 bits per heavy atom. The lowest BCUT2D eigenvalue weighted by Gasteiger charge is -2.09. The van der Waals surface area contributed by atoms with E-state index in [0.29, 0.717) is 3.42 Å². The van der Waals surface area contributed by atoms with Crippen molar-refractivity contribution in [1.29, 1.82) is 0 Å².